The van der Waals surface area contributed by atoms with Gasteiger partial charge in [-0.2, -0.15) is 0 Å². The maximum atomic E-state index is 12.8. The summed E-state index contributed by atoms with van der Waals surface area (Å²) in [5.41, 5.74) is 0.473. The molecule has 1 fully saturated rings. The first-order valence-corrected chi connectivity index (χ1v) is 9.93. The van der Waals surface area contributed by atoms with Gasteiger partial charge in [0.05, 0.1) is 12.3 Å². The Balaban J connectivity index is 1.35. The highest BCUT2D eigenvalue weighted by Gasteiger charge is 2.17. The summed E-state index contributed by atoms with van der Waals surface area (Å²) in [7, 11) is 0. The third kappa shape index (κ3) is 6.35. The molecule has 1 saturated carbocycles. The number of H-pyrrole nitrogens is 1. The van der Waals surface area contributed by atoms with E-state index < -0.39 is 0 Å². The van der Waals surface area contributed by atoms with E-state index in [0.29, 0.717) is 16.8 Å². The van der Waals surface area contributed by atoms with Crippen molar-refractivity contribution in [1.29, 1.82) is 0 Å². The molecule has 144 valence electrons. The van der Waals surface area contributed by atoms with Crippen LogP contribution in [0.2, 0.25) is 0 Å². The quantitative estimate of drug-likeness (QED) is 0.601. The van der Waals surface area contributed by atoms with Crippen molar-refractivity contribution >= 4 is 29.3 Å². The SMILES string of the molecule is O=C(CSc1n[nH]c(CC2CCCC2)n1)NCC(=O)Nc1ccc(F)cc1. The van der Waals surface area contributed by atoms with E-state index >= 15 is 0 Å². The summed E-state index contributed by atoms with van der Waals surface area (Å²) in [4.78, 5) is 28.1. The number of nitrogens with one attached hydrogen (secondary N) is 3. The number of carbonyl (C=O) groups excluding carboxylic acids is 2. The van der Waals surface area contributed by atoms with Crippen molar-refractivity contribution in [3.05, 3.63) is 35.9 Å². The summed E-state index contributed by atoms with van der Waals surface area (Å²) in [6.45, 7) is -0.155. The van der Waals surface area contributed by atoms with Crippen LogP contribution in [-0.4, -0.2) is 39.3 Å². The minimum Gasteiger partial charge on any atom is -0.346 e. The Morgan fingerprint density at radius 1 is 1.19 bits per heavy atom. The summed E-state index contributed by atoms with van der Waals surface area (Å²) in [6, 6.07) is 5.42. The van der Waals surface area contributed by atoms with E-state index in [1.807, 2.05) is 0 Å². The van der Waals surface area contributed by atoms with Crippen LogP contribution in [0.3, 0.4) is 0 Å². The van der Waals surface area contributed by atoms with Crippen LogP contribution in [0.1, 0.15) is 31.5 Å². The topological polar surface area (TPSA) is 99.8 Å². The monoisotopic (exact) mass is 391 g/mol. The van der Waals surface area contributed by atoms with Crippen molar-refractivity contribution in [2.45, 2.75) is 37.3 Å². The number of halogens is 1. The number of carbonyl (C=O) groups is 2. The Kier molecular flexibility index (Phi) is 6.80. The van der Waals surface area contributed by atoms with Crippen molar-refractivity contribution in [1.82, 2.24) is 20.5 Å². The predicted molar refractivity (Wildman–Crippen MR) is 101 cm³/mol. The second-order valence-corrected chi connectivity index (χ2v) is 7.48. The van der Waals surface area contributed by atoms with Crippen molar-refractivity contribution in [2.75, 3.05) is 17.6 Å². The summed E-state index contributed by atoms with van der Waals surface area (Å²) >= 11 is 1.23. The lowest BCUT2D eigenvalue weighted by Gasteiger charge is -2.06. The van der Waals surface area contributed by atoms with Gasteiger partial charge in [-0.05, 0) is 30.2 Å². The molecule has 0 radical (unpaired) electrons. The number of nitrogens with zero attached hydrogens (tertiary/aromatic N) is 2. The lowest BCUT2D eigenvalue weighted by molar-refractivity contribution is -0.122. The van der Waals surface area contributed by atoms with Gasteiger partial charge in [0, 0.05) is 12.1 Å². The van der Waals surface area contributed by atoms with Gasteiger partial charge in [-0.1, -0.05) is 37.4 Å². The molecule has 2 amide bonds. The van der Waals surface area contributed by atoms with Crippen LogP contribution in [0.15, 0.2) is 29.4 Å². The molecular weight excluding hydrogens is 369 g/mol. The average molecular weight is 391 g/mol. The molecule has 3 rings (SSSR count). The lowest BCUT2D eigenvalue weighted by Crippen LogP contribution is -2.33. The largest absolute Gasteiger partial charge is 0.346 e. The minimum absolute atomic E-state index is 0.130. The van der Waals surface area contributed by atoms with Crippen LogP contribution in [0.5, 0.6) is 0 Å². The summed E-state index contributed by atoms with van der Waals surface area (Å²) in [5.74, 6) is 0.636. The van der Waals surface area contributed by atoms with Gasteiger partial charge in [0.1, 0.15) is 11.6 Å². The van der Waals surface area contributed by atoms with Gasteiger partial charge >= 0.3 is 0 Å². The van der Waals surface area contributed by atoms with Crippen LogP contribution in [0.4, 0.5) is 10.1 Å². The lowest BCUT2D eigenvalue weighted by atomic mass is 10.0. The fraction of sp³-hybridized carbons (Fsp3) is 0.444. The molecular formula is C18H22FN5O2S. The Morgan fingerprint density at radius 3 is 2.67 bits per heavy atom. The molecule has 2 aromatic rings. The number of benzene rings is 1. The highest BCUT2D eigenvalue weighted by atomic mass is 32.2. The third-order valence-electron chi connectivity index (χ3n) is 4.37. The molecule has 0 bridgehead atoms. The van der Waals surface area contributed by atoms with Gasteiger partial charge in [0.25, 0.3) is 0 Å². The number of hydrogen-bond acceptors (Lipinski definition) is 5. The molecule has 0 saturated heterocycles. The normalized spacial score (nSPS) is 14.3. The van der Waals surface area contributed by atoms with Crippen LogP contribution in [-0.2, 0) is 16.0 Å². The van der Waals surface area contributed by atoms with Gasteiger partial charge in [0.15, 0.2) is 0 Å². The Hall–Kier alpha value is -2.42. The number of hydrogen-bond donors (Lipinski definition) is 3. The highest BCUT2D eigenvalue weighted by molar-refractivity contribution is 7.99. The zero-order valence-electron chi connectivity index (χ0n) is 14.8. The number of aromatic amines is 1. The minimum atomic E-state index is -0.378. The number of aromatic nitrogens is 3. The molecule has 0 atom stereocenters. The molecule has 7 nitrogen and oxygen atoms in total. The van der Waals surface area contributed by atoms with E-state index in [0.717, 1.165) is 12.2 Å². The molecule has 3 N–H and O–H groups in total. The standard InChI is InChI=1S/C18H22FN5O2S/c19-13-5-7-14(8-6-13)21-16(25)10-20-17(26)11-27-18-22-15(23-24-18)9-12-3-1-2-4-12/h5-8,12H,1-4,9-11H2,(H,20,26)(H,21,25)(H,22,23,24). The van der Waals surface area contributed by atoms with Crippen molar-refractivity contribution < 1.29 is 14.0 Å². The Morgan fingerprint density at radius 2 is 1.93 bits per heavy atom. The van der Waals surface area contributed by atoms with E-state index in [-0.39, 0.29) is 29.9 Å². The molecule has 1 aromatic heterocycles. The van der Waals surface area contributed by atoms with Gasteiger partial charge in [0.2, 0.25) is 17.0 Å². The second-order valence-electron chi connectivity index (χ2n) is 6.54. The summed E-state index contributed by atoms with van der Waals surface area (Å²) < 4.78 is 12.8. The van der Waals surface area contributed by atoms with E-state index in [2.05, 4.69) is 25.8 Å². The molecule has 0 aliphatic heterocycles. The van der Waals surface area contributed by atoms with Crippen LogP contribution in [0.25, 0.3) is 0 Å². The van der Waals surface area contributed by atoms with Crippen molar-refractivity contribution in [3.8, 4) is 0 Å². The summed E-state index contributed by atoms with van der Waals surface area (Å²) in [5, 5.41) is 12.7. The first kappa shape index (κ1) is 19.3. The van der Waals surface area contributed by atoms with Crippen LogP contribution >= 0.6 is 11.8 Å². The van der Waals surface area contributed by atoms with E-state index in [4.69, 9.17) is 0 Å². The van der Waals surface area contributed by atoms with E-state index in [1.165, 1.54) is 61.7 Å². The molecule has 27 heavy (non-hydrogen) atoms. The van der Waals surface area contributed by atoms with Crippen LogP contribution in [0, 0.1) is 11.7 Å². The predicted octanol–water partition coefficient (Wildman–Crippen LogP) is 2.52. The number of amides is 2. The number of anilines is 1. The van der Waals surface area contributed by atoms with Crippen LogP contribution < -0.4 is 10.6 Å². The molecule has 0 spiro atoms. The molecule has 9 heteroatoms. The van der Waals surface area contributed by atoms with Crippen molar-refractivity contribution in [3.63, 3.8) is 0 Å². The highest BCUT2D eigenvalue weighted by Crippen LogP contribution is 2.27. The van der Waals surface area contributed by atoms with Crippen molar-refractivity contribution in [2.24, 2.45) is 5.92 Å². The first-order valence-electron chi connectivity index (χ1n) is 8.94. The fourth-order valence-electron chi connectivity index (χ4n) is 3.02. The van der Waals surface area contributed by atoms with E-state index in [9.17, 15) is 14.0 Å². The molecule has 1 aromatic carbocycles. The van der Waals surface area contributed by atoms with Gasteiger partial charge in [-0.25, -0.2) is 9.37 Å². The smallest absolute Gasteiger partial charge is 0.243 e. The maximum Gasteiger partial charge on any atom is 0.243 e. The zero-order valence-corrected chi connectivity index (χ0v) is 15.7. The first-order chi connectivity index (χ1) is 13.1. The maximum absolute atomic E-state index is 12.8. The molecule has 1 aliphatic carbocycles. The summed E-state index contributed by atoms with van der Waals surface area (Å²) in [6.07, 6.45) is 5.96. The third-order valence-corrected chi connectivity index (χ3v) is 5.22. The van der Waals surface area contributed by atoms with E-state index in [1.54, 1.807) is 0 Å². The number of thioether (sulfide) groups is 1. The Bertz CT molecular complexity index is 774. The zero-order chi connectivity index (χ0) is 19.1. The van der Waals surface area contributed by atoms with Gasteiger partial charge in [-0.3, -0.25) is 14.7 Å². The fourth-order valence-corrected chi connectivity index (χ4v) is 3.67. The Labute approximate surface area is 160 Å². The van der Waals surface area contributed by atoms with Gasteiger partial charge < -0.3 is 10.6 Å². The molecule has 0 unspecified atom stereocenters. The molecule has 1 aliphatic rings. The molecule has 1 heterocycles. The average Bonchev–Trinajstić information content (AvgIpc) is 3.33. The second kappa shape index (κ2) is 9.50. The van der Waals surface area contributed by atoms with Gasteiger partial charge in [-0.15, -0.1) is 5.10 Å². The number of rotatable bonds is 8.